The van der Waals surface area contributed by atoms with Crippen LogP contribution in [0.3, 0.4) is 0 Å². The zero-order valence-corrected chi connectivity index (χ0v) is 29.1. The zero-order valence-electron chi connectivity index (χ0n) is 29.1. The number of allylic oxidation sites excluding steroid dienone is 1. The van der Waals surface area contributed by atoms with Crippen molar-refractivity contribution in [3.05, 3.63) is 76.1 Å². The molecule has 0 radical (unpaired) electrons. The molecule has 252 valence electrons. The molecule has 6 bridgehead atoms. The molecule has 6 aliphatic rings. The highest BCUT2D eigenvalue weighted by Gasteiger charge is 2.50. The van der Waals surface area contributed by atoms with Crippen molar-refractivity contribution in [3.63, 3.8) is 0 Å². The molecule has 4 aromatic rings. The highest BCUT2D eigenvalue weighted by Crippen LogP contribution is 2.53. The monoisotopic (exact) mass is 646 g/mol. The molecule has 3 saturated heterocycles. The van der Waals surface area contributed by atoms with Crippen molar-refractivity contribution < 1.29 is 14.3 Å². The van der Waals surface area contributed by atoms with Crippen LogP contribution in [0.1, 0.15) is 79.4 Å². The molecule has 7 nitrogen and oxygen atoms in total. The van der Waals surface area contributed by atoms with E-state index in [4.69, 9.17) is 9.47 Å². The molecular weight excluding hydrogens is 596 g/mol. The second-order valence-electron chi connectivity index (χ2n) is 15.6. The van der Waals surface area contributed by atoms with E-state index in [9.17, 15) is 4.79 Å². The minimum atomic E-state index is -0.239. The van der Waals surface area contributed by atoms with Crippen molar-refractivity contribution in [1.29, 1.82) is 0 Å². The summed E-state index contributed by atoms with van der Waals surface area (Å²) >= 11 is 0. The summed E-state index contributed by atoms with van der Waals surface area (Å²) in [7, 11) is 5.54. The zero-order chi connectivity index (χ0) is 32.8. The Morgan fingerprint density at radius 3 is 2.62 bits per heavy atom. The third kappa shape index (κ3) is 4.42. The third-order valence-electron chi connectivity index (χ3n) is 13.5. The fraction of sp³-hybridized carbons (Fsp3) is 0.537. The van der Waals surface area contributed by atoms with Crippen LogP contribution < -0.4 is 4.74 Å². The second kappa shape index (κ2) is 11.5. The summed E-state index contributed by atoms with van der Waals surface area (Å²) in [4.78, 5) is 26.9. The number of nitrogens with zero attached hydrogens (tertiary/aromatic N) is 2. The molecule has 48 heavy (non-hydrogen) atoms. The quantitative estimate of drug-likeness (QED) is 0.182. The summed E-state index contributed by atoms with van der Waals surface area (Å²) in [6.45, 7) is 7.81. The lowest BCUT2D eigenvalue weighted by molar-refractivity contribution is -0.151. The summed E-state index contributed by atoms with van der Waals surface area (Å²) in [5.74, 6) is 2.89. The first-order chi connectivity index (χ1) is 23.4. The van der Waals surface area contributed by atoms with Crippen LogP contribution in [-0.4, -0.2) is 78.7 Å². The number of rotatable bonds is 4. The van der Waals surface area contributed by atoms with Gasteiger partial charge < -0.3 is 19.4 Å². The number of esters is 1. The number of methoxy groups -OCH3 is 2. The van der Waals surface area contributed by atoms with Gasteiger partial charge in [0.05, 0.1) is 20.1 Å². The van der Waals surface area contributed by atoms with Gasteiger partial charge in [0.1, 0.15) is 5.75 Å². The van der Waals surface area contributed by atoms with Crippen molar-refractivity contribution in [2.45, 2.75) is 76.3 Å². The number of ether oxygens (including phenoxy) is 2. The lowest BCUT2D eigenvalue weighted by atomic mass is 9.65. The summed E-state index contributed by atoms with van der Waals surface area (Å²) in [6, 6.07) is 14.1. The van der Waals surface area contributed by atoms with Crippen molar-refractivity contribution in [2.75, 3.05) is 40.9 Å². The number of carbonyl (C=O) groups excluding carboxylic acids is 1. The third-order valence-corrected chi connectivity index (χ3v) is 13.5. The Morgan fingerprint density at radius 1 is 1.00 bits per heavy atom. The Labute approximate surface area is 284 Å². The van der Waals surface area contributed by atoms with Gasteiger partial charge in [-0.05, 0) is 93.2 Å². The van der Waals surface area contributed by atoms with Crippen LogP contribution in [0.5, 0.6) is 5.75 Å². The van der Waals surface area contributed by atoms with Gasteiger partial charge in [0.2, 0.25) is 0 Å². The molecule has 7 heteroatoms. The summed E-state index contributed by atoms with van der Waals surface area (Å²) < 4.78 is 11.9. The van der Waals surface area contributed by atoms with Gasteiger partial charge in [-0.25, -0.2) is 0 Å². The molecule has 10 rings (SSSR count). The Bertz CT molecular complexity index is 1940. The number of aromatic amines is 2. The van der Waals surface area contributed by atoms with E-state index >= 15 is 0 Å². The SMILES string of the molecule is C/C=C1/CN(C)[C@H]2Cc3c([nH]c4ccccc34)[C@H](c3cc4[nH]c5c(c4cc3OC)CCN3C[C@H]4C[C@H](CC)[C@H]3[C@H]5C4)C[C@H]1[C@@H]2C(=O)OC. The van der Waals surface area contributed by atoms with E-state index < -0.39 is 0 Å². The average Bonchev–Trinajstić information content (AvgIpc) is 3.62. The highest BCUT2D eigenvalue weighted by molar-refractivity contribution is 5.89. The van der Waals surface area contributed by atoms with E-state index in [-0.39, 0.29) is 29.8 Å². The number of likely N-dealkylation sites (tertiary alicyclic amines) is 1. The minimum Gasteiger partial charge on any atom is -0.496 e. The molecule has 2 aromatic heterocycles. The lowest BCUT2D eigenvalue weighted by Crippen LogP contribution is -2.56. The first-order valence-corrected chi connectivity index (χ1v) is 18.4. The van der Waals surface area contributed by atoms with Crippen LogP contribution in [0.4, 0.5) is 0 Å². The Kier molecular flexibility index (Phi) is 7.32. The van der Waals surface area contributed by atoms with Crippen LogP contribution in [0, 0.1) is 23.7 Å². The molecule has 4 fully saturated rings. The minimum absolute atomic E-state index is 0.0250. The molecule has 6 heterocycles. The normalized spacial score (nSPS) is 33.6. The molecule has 2 aliphatic carbocycles. The number of nitrogens with one attached hydrogen (secondary N) is 2. The molecular formula is C41H50N4O3. The highest BCUT2D eigenvalue weighted by atomic mass is 16.5. The molecule has 2 aromatic carbocycles. The summed E-state index contributed by atoms with van der Waals surface area (Å²) in [6.07, 6.45) is 8.91. The van der Waals surface area contributed by atoms with Gasteiger partial charge in [0, 0.05) is 82.3 Å². The van der Waals surface area contributed by atoms with E-state index in [2.05, 4.69) is 83.1 Å². The maximum atomic E-state index is 13.7. The average molecular weight is 647 g/mol. The van der Waals surface area contributed by atoms with E-state index in [1.54, 1.807) is 7.11 Å². The summed E-state index contributed by atoms with van der Waals surface area (Å²) in [5, 5.41) is 2.57. The number of piperidine rings is 3. The molecule has 0 spiro atoms. The summed E-state index contributed by atoms with van der Waals surface area (Å²) in [5.41, 5.74) is 10.5. The number of para-hydroxylation sites is 1. The topological polar surface area (TPSA) is 73.6 Å². The van der Waals surface area contributed by atoms with Gasteiger partial charge >= 0.3 is 5.97 Å². The molecule has 9 atom stereocenters. The van der Waals surface area contributed by atoms with Gasteiger partial charge in [0.25, 0.3) is 0 Å². The molecule has 1 saturated carbocycles. The van der Waals surface area contributed by atoms with Crippen molar-refractivity contribution in [1.82, 2.24) is 19.8 Å². The van der Waals surface area contributed by atoms with Crippen LogP contribution in [0.25, 0.3) is 21.8 Å². The Hall–Kier alpha value is -3.55. The van der Waals surface area contributed by atoms with Crippen molar-refractivity contribution in [2.24, 2.45) is 23.7 Å². The van der Waals surface area contributed by atoms with Gasteiger partial charge in [0.15, 0.2) is 0 Å². The number of aromatic nitrogens is 2. The second-order valence-corrected chi connectivity index (χ2v) is 15.6. The fourth-order valence-electron chi connectivity index (χ4n) is 11.4. The van der Waals surface area contributed by atoms with E-state index in [0.29, 0.717) is 12.0 Å². The van der Waals surface area contributed by atoms with Gasteiger partial charge in [-0.1, -0.05) is 43.2 Å². The maximum Gasteiger partial charge on any atom is 0.310 e. The number of likely N-dealkylation sites (N-methyl/N-ethyl adjacent to an activating group) is 1. The lowest BCUT2D eigenvalue weighted by Gasteiger charge is -2.53. The maximum absolute atomic E-state index is 13.7. The van der Waals surface area contributed by atoms with Crippen LogP contribution in [0.2, 0.25) is 0 Å². The van der Waals surface area contributed by atoms with Gasteiger partial charge in [-0.3, -0.25) is 14.6 Å². The Balaban J connectivity index is 1.23. The Morgan fingerprint density at radius 2 is 1.83 bits per heavy atom. The van der Waals surface area contributed by atoms with Crippen LogP contribution in [-0.2, 0) is 22.4 Å². The predicted molar refractivity (Wildman–Crippen MR) is 191 cm³/mol. The standard InChI is InChI=1S/C41H50N4O3/c1-6-23-14-22-15-32-38-26(12-13-45(20-22)40(23)32)28-19-36(47-4)29(17-34(28)43-38)30-16-27-24(7-2)21-44(3)35(37(27)41(46)48-5)18-31-25-10-8-9-11-33(25)42-39(30)31/h7-11,17,19,22-23,27,30,32,35,37,40,42-43H,6,12-16,18,20-21H2,1-5H3/b24-7-/t22-,23-,27+,30-,32-,35-,37-,40-/m0/s1. The smallest absolute Gasteiger partial charge is 0.310 e. The number of carbonyl (C=O) groups is 1. The first kappa shape index (κ1) is 30.5. The largest absolute Gasteiger partial charge is 0.496 e. The molecule has 4 aliphatic heterocycles. The number of fused-ring (bicyclic) bond motifs is 9. The number of hydrogen-bond donors (Lipinski definition) is 2. The molecule has 0 amide bonds. The number of hydrogen-bond acceptors (Lipinski definition) is 5. The van der Waals surface area contributed by atoms with Gasteiger partial charge in [-0.2, -0.15) is 0 Å². The van der Waals surface area contributed by atoms with Crippen LogP contribution >= 0.6 is 0 Å². The number of H-pyrrole nitrogens is 2. The van der Waals surface area contributed by atoms with Crippen LogP contribution in [0.15, 0.2) is 48.0 Å². The van der Waals surface area contributed by atoms with Gasteiger partial charge in [-0.15, -0.1) is 0 Å². The first-order valence-electron chi connectivity index (χ1n) is 18.4. The number of benzene rings is 2. The predicted octanol–water partition coefficient (Wildman–Crippen LogP) is 7.16. The van der Waals surface area contributed by atoms with Crippen molar-refractivity contribution in [3.8, 4) is 5.75 Å². The van der Waals surface area contributed by atoms with E-state index in [1.807, 2.05) is 7.11 Å². The van der Waals surface area contributed by atoms with Crippen molar-refractivity contribution >= 4 is 27.8 Å². The molecule has 1 unspecified atom stereocenters. The molecule has 2 N–H and O–H groups in total. The van der Waals surface area contributed by atoms with E-state index in [0.717, 1.165) is 55.5 Å². The fourth-order valence-corrected chi connectivity index (χ4v) is 11.4. The van der Waals surface area contributed by atoms with E-state index in [1.165, 1.54) is 75.7 Å².